The van der Waals surface area contributed by atoms with Gasteiger partial charge in [0.1, 0.15) is 5.82 Å². The third-order valence-corrected chi connectivity index (χ3v) is 3.60. The number of benzene rings is 1. The zero-order chi connectivity index (χ0) is 14.6. The molecule has 0 amide bonds. The molecule has 1 fully saturated rings. The fraction of sp³-hybridized carbons (Fsp3) is 0.500. The molecule has 2 rings (SSSR count). The Bertz CT molecular complexity index is 499. The number of nitrogens with zero attached hydrogens (tertiary/aromatic N) is 1. The van der Waals surface area contributed by atoms with E-state index in [1.807, 2.05) is 0 Å². The Kier molecular flexibility index (Phi) is 4.57. The molecular weight excluding hydrogens is 261 g/mol. The van der Waals surface area contributed by atoms with Gasteiger partial charge in [-0.25, -0.2) is 4.39 Å². The molecule has 1 aromatic carbocycles. The maximum Gasteiger partial charge on any atom is 0.170 e. The molecule has 1 aliphatic heterocycles. The van der Waals surface area contributed by atoms with Gasteiger partial charge in [0.05, 0.1) is 6.61 Å². The molecule has 0 saturated carbocycles. The first kappa shape index (κ1) is 14.7. The maximum atomic E-state index is 13.3. The van der Waals surface area contributed by atoms with Gasteiger partial charge in [-0.3, -0.25) is 0 Å². The molecule has 1 unspecified atom stereocenters. The molecule has 110 valence electrons. The molecule has 0 aromatic heterocycles. The molecule has 0 bridgehead atoms. The summed E-state index contributed by atoms with van der Waals surface area (Å²) in [7, 11) is 0. The minimum Gasteiger partial charge on any atom is -0.409 e. The van der Waals surface area contributed by atoms with Crippen molar-refractivity contribution >= 4 is 5.84 Å². The Balaban J connectivity index is 2.13. The van der Waals surface area contributed by atoms with Crippen molar-refractivity contribution in [3.63, 3.8) is 0 Å². The van der Waals surface area contributed by atoms with Crippen LogP contribution in [0.4, 0.5) is 4.39 Å². The van der Waals surface area contributed by atoms with Gasteiger partial charge >= 0.3 is 0 Å². The zero-order valence-electron chi connectivity index (χ0n) is 11.5. The third-order valence-electron chi connectivity index (χ3n) is 3.60. The predicted molar refractivity (Wildman–Crippen MR) is 74.2 cm³/mol. The standard InChI is InChI=1S/C14H20FN3O2/c1-14(5-2-6-20-9-14)17-8-10-3-4-11(15)7-12(10)13(16)18-19/h3-4,7,17,19H,2,5-6,8-9H2,1H3,(H2,16,18). The Morgan fingerprint density at radius 1 is 1.60 bits per heavy atom. The van der Waals surface area contributed by atoms with Crippen LogP contribution in [0.2, 0.25) is 0 Å². The fourth-order valence-electron chi connectivity index (χ4n) is 2.38. The van der Waals surface area contributed by atoms with Gasteiger partial charge in [-0.15, -0.1) is 0 Å². The van der Waals surface area contributed by atoms with E-state index in [0.717, 1.165) is 25.0 Å². The highest BCUT2D eigenvalue weighted by Gasteiger charge is 2.27. The molecule has 1 aromatic rings. The molecule has 0 radical (unpaired) electrons. The van der Waals surface area contributed by atoms with Crippen LogP contribution in [0.5, 0.6) is 0 Å². The van der Waals surface area contributed by atoms with E-state index in [2.05, 4.69) is 17.4 Å². The van der Waals surface area contributed by atoms with Gasteiger partial charge in [0.25, 0.3) is 0 Å². The second-order valence-corrected chi connectivity index (χ2v) is 5.36. The molecule has 5 nitrogen and oxygen atoms in total. The Morgan fingerprint density at radius 3 is 3.05 bits per heavy atom. The van der Waals surface area contributed by atoms with Gasteiger partial charge in [-0.2, -0.15) is 0 Å². The lowest BCUT2D eigenvalue weighted by atomic mass is 9.94. The highest BCUT2D eigenvalue weighted by Crippen LogP contribution is 2.20. The number of nitrogens with two attached hydrogens (primary N) is 1. The normalized spacial score (nSPS) is 23.8. The summed E-state index contributed by atoms with van der Waals surface area (Å²) < 4.78 is 18.8. The van der Waals surface area contributed by atoms with Gasteiger partial charge in [0, 0.05) is 24.3 Å². The first-order chi connectivity index (χ1) is 9.54. The van der Waals surface area contributed by atoms with Crippen molar-refractivity contribution in [2.45, 2.75) is 31.8 Å². The van der Waals surface area contributed by atoms with Crippen LogP contribution in [0.1, 0.15) is 30.9 Å². The van der Waals surface area contributed by atoms with Gasteiger partial charge in [0.2, 0.25) is 0 Å². The van der Waals surface area contributed by atoms with Crippen LogP contribution in [0.25, 0.3) is 0 Å². The van der Waals surface area contributed by atoms with E-state index in [-0.39, 0.29) is 11.4 Å². The first-order valence-electron chi connectivity index (χ1n) is 6.63. The van der Waals surface area contributed by atoms with Crippen molar-refractivity contribution in [2.24, 2.45) is 10.9 Å². The number of rotatable bonds is 4. The lowest BCUT2D eigenvalue weighted by molar-refractivity contribution is 0.0278. The lowest BCUT2D eigenvalue weighted by Crippen LogP contribution is -2.48. The molecular formula is C14H20FN3O2. The van der Waals surface area contributed by atoms with Crippen LogP contribution >= 0.6 is 0 Å². The van der Waals surface area contributed by atoms with Crippen molar-refractivity contribution in [3.8, 4) is 0 Å². The average Bonchev–Trinajstić information content (AvgIpc) is 2.46. The van der Waals surface area contributed by atoms with Crippen LogP contribution in [-0.4, -0.2) is 29.8 Å². The van der Waals surface area contributed by atoms with Crippen LogP contribution in [0, 0.1) is 5.82 Å². The summed E-state index contributed by atoms with van der Waals surface area (Å²) in [5, 5.41) is 15.1. The van der Waals surface area contributed by atoms with E-state index < -0.39 is 5.82 Å². The molecule has 1 saturated heterocycles. The maximum absolute atomic E-state index is 13.3. The van der Waals surface area contributed by atoms with Gasteiger partial charge < -0.3 is 21.0 Å². The molecule has 1 heterocycles. The highest BCUT2D eigenvalue weighted by atomic mass is 19.1. The van der Waals surface area contributed by atoms with Crippen LogP contribution in [-0.2, 0) is 11.3 Å². The Hall–Kier alpha value is -1.66. The topological polar surface area (TPSA) is 79.9 Å². The molecule has 4 N–H and O–H groups in total. The van der Waals surface area contributed by atoms with E-state index in [9.17, 15) is 4.39 Å². The zero-order valence-corrected chi connectivity index (χ0v) is 11.5. The van der Waals surface area contributed by atoms with Gasteiger partial charge in [0.15, 0.2) is 5.84 Å². The fourth-order valence-corrected chi connectivity index (χ4v) is 2.38. The second kappa shape index (κ2) is 6.19. The quantitative estimate of drug-likeness (QED) is 0.339. The number of oxime groups is 1. The summed E-state index contributed by atoms with van der Waals surface area (Å²) in [5.41, 5.74) is 6.67. The number of amidine groups is 1. The number of hydrogen-bond donors (Lipinski definition) is 3. The Labute approximate surface area is 117 Å². The Morgan fingerprint density at radius 2 is 2.40 bits per heavy atom. The summed E-state index contributed by atoms with van der Waals surface area (Å²) in [4.78, 5) is 0. The van der Waals surface area contributed by atoms with Crippen molar-refractivity contribution in [1.82, 2.24) is 5.32 Å². The summed E-state index contributed by atoms with van der Waals surface area (Å²) in [5.74, 6) is -0.506. The largest absolute Gasteiger partial charge is 0.409 e. The highest BCUT2D eigenvalue weighted by molar-refractivity contribution is 5.98. The van der Waals surface area contributed by atoms with E-state index in [0.29, 0.717) is 18.7 Å². The first-order valence-corrected chi connectivity index (χ1v) is 6.63. The molecule has 1 atom stereocenters. The van der Waals surface area contributed by atoms with Crippen LogP contribution in [0.15, 0.2) is 23.4 Å². The predicted octanol–water partition coefficient (Wildman–Crippen LogP) is 1.58. The van der Waals surface area contributed by atoms with Crippen molar-refractivity contribution < 1.29 is 14.3 Å². The van der Waals surface area contributed by atoms with E-state index in [4.69, 9.17) is 15.7 Å². The van der Waals surface area contributed by atoms with Gasteiger partial charge in [-0.05, 0) is 37.5 Å². The smallest absolute Gasteiger partial charge is 0.170 e. The molecule has 1 aliphatic rings. The number of hydrogen-bond acceptors (Lipinski definition) is 4. The summed E-state index contributed by atoms with van der Waals surface area (Å²) in [6, 6.07) is 4.28. The third kappa shape index (κ3) is 3.46. The van der Waals surface area contributed by atoms with Crippen LogP contribution in [0.3, 0.4) is 0 Å². The minimum absolute atomic E-state index is 0.0913. The summed E-state index contributed by atoms with van der Waals surface area (Å²) in [6.45, 7) is 4.04. The van der Waals surface area contributed by atoms with Gasteiger partial charge in [-0.1, -0.05) is 11.2 Å². The summed E-state index contributed by atoms with van der Waals surface area (Å²) in [6.07, 6.45) is 2.03. The summed E-state index contributed by atoms with van der Waals surface area (Å²) >= 11 is 0. The number of halogens is 1. The van der Waals surface area contributed by atoms with E-state index in [1.165, 1.54) is 12.1 Å². The SMILES string of the molecule is CC1(NCc2ccc(F)cc2/C(N)=N/O)CCCOC1. The van der Waals surface area contributed by atoms with E-state index in [1.54, 1.807) is 6.07 Å². The molecule has 0 spiro atoms. The molecule has 20 heavy (non-hydrogen) atoms. The van der Waals surface area contributed by atoms with Crippen molar-refractivity contribution in [2.75, 3.05) is 13.2 Å². The lowest BCUT2D eigenvalue weighted by Gasteiger charge is -2.34. The number of ether oxygens (including phenoxy) is 1. The monoisotopic (exact) mass is 281 g/mol. The van der Waals surface area contributed by atoms with Crippen molar-refractivity contribution in [1.29, 1.82) is 0 Å². The second-order valence-electron chi connectivity index (χ2n) is 5.36. The van der Waals surface area contributed by atoms with Crippen molar-refractivity contribution in [3.05, 3.63) is 35.1 Å². The number of nitrogens with one attached hydrogen (secondary N) is 1. The van der Waals surface area contributed by atoms with Crippen LogP contribution < -0.4 is 11.1 Å². The molecule has 0 aliphatic carbocycles. The average molecular weight is 281 g/mol. The minimum atomic E-state index is -0.414. The van der Waals surface area contributed by atoms with E-state index >= 15 is 0 Å². The molecule has 6 heteroatoms.